The topological polar surface area (TPSA) is 0 Å². The van der Waals surface area contributed by atoms with Crippen molar-refractivity contribution < 1.29 is 0 Å². The van der Waals surface area contributed by atoms with E-state index in [0.29, 0.717) is 0 Å². The van der Waals surface area contributed by atoms with Gasteiger partial charge < -0.3 is 0 Å². The van der Waals surface area contributed by atoms with Crippen molar-refractivity contribution in [1.82, 2.24) is 0 Å². The molecule has 0 amide bonds. The van der Waals surface area contributed by atoms with Gasteiger partial charge in [0, 0.05) is 11.0 Å². The summed E-state index contributed by atoms with van der Waals surface area (Å²) in [7, 11) is 0. The second-order valence-corrected chi connectivity index (χ2v) is 3.72. The molecular formula is C8H17S. The van der Waals surface area contributed by atoms with Gasteiger partial charge in [0.15, 0.2) is 0 Å². The lowest BCUT2D eigenvalue weighted by Crippen LogP contribution is -1.90. The molecule has 0 bridgehead atoms. The minimum Gasteiger partial charge on any atom is -0.154 e. The summed E-state index contributed by atoms with van der Waals surface area (Å²) in [6, 6.07) is 0. The van der Waals surface area contributed by atoms with E-state index in [2.05, 4.69) is 26.5 Å². The van der Waals surface area contributed by atoms with Crippen LogP contribution in [0.1, 0.15) is 40.0 Å². The van der Waals surface area contributed by atoms with Crippen molar-refractivity contribution in [2.75, 3.05) is 0 Å². The Morgan fingerprint density at radius 2 is 2.11 bits per heavy atom. The van der Waals surface area contributed by atoms with Gasteiger partial charge in [-0.05, 0) is 12.8 Å². The van der Waals surface area contributed by atoms with Gasteiger partial charge >= 0.3 is 0 Å². The second-order valence-electron chi connectivity index (χ2n) is 2.31. The molecule has 0 saturated carbocycles. The number of thioether (sulfide) groups is 1. The molecule has 0 spiro atoms. The standard InChI is InChI=1S/C8H17S/c1-4-6-7-9-8(3)5-2/h7-8H,4-6H2,1-3H3. The third kappa shape index (κ3) is 6.23. The van der Waals surface area contributed by atoms with Crippen LogP contribution in [0.4, 0.5) is 0 Å². The zero-order valence-corrected chi connectivity index (χ0v) is 7.50. The molecule has 0 nitrogen and oxygen atoms in total. The van der Waals surface area contributed by atoms with Crippen molar-refractivity contribution in [2.45, 2.75) is 45.3 Å². The Kier molecular flexibility index (Phi) is 6.72. The SMILES string of the molecule is CCC[CH]SC(C)CC. The Balaban J connectivity index is 2.88. The number of unbranched alkanes of at least 4 members (excludes halogenated alkanes) is 1. The molecular weight excluding hydrogens is 128 g/mol. The van der Waals surface area contributed by atoms with Gasteiger partial charge in [0.2, 0.25) is 0 Å². The molecule has 55 valence electrons. The average Bonchev–Trinajstić information content (AvgIpc) is 1.89. The van der Waals surface area contributed by atoms with Crippen molar-refractivity contribution in [3.05, 3.63) is 5.75 Å². The minimum atomic E-state index is 0.816. The van der Waals surface area contributed by atoms with E-state index in [4.69, 9.17) is 0 Å². The van der Waals surface area contributed by atoms with Crippen LogP contribution in [0.5, 0.6) is 0 Å². The summed E-state index contributed by atoms with van der Waals surface area (Å²) in [6.45, 7) is 6.72. The van der Waals surface area contributed by atoms with Crippen LogP contribution in [0.25, 0.3) is 0 Å². The van der Waals surface area contributed by atoms with Gasteiger partial charge in [-0.1, -0.05) is 27.2 Å². The number of hydrogen-bond acceptors (Lipinski definition) is 1. The summed E-state index contributed by atoms with van der Waals surface area (Å²) in [6.07, 6.45) is 3.82. The van der Waals surface area contributed by atoms with Gasteiger partial charge in [0.1, 0.15) is 0 Å². The van der Waals surface area contributed by atoms with Gasteiger partial charge in [0.25, 0.3) is 0 Å². The molecule has 1 atom stereocenters. The predicted octanol–water partition coefficient (Wildman–Crippen LogP) is 3.48. The molecule has 0 aromatic carbocycles. The van der Waals surface area contributed by atoms with Crippen LogP contribution >= 0.6 is 11.8 Å². The maximum Gasteiger partial charge on any atom is 0.0169 e. The van der Waals surface area contributed by atoms with E-state index in [0.717, 1.165) is 5.25 Å². The molecule has 0 heterocycles. The maximum atomic E-state index is 2.33. The van der Waals surface area contributed by atoms with Gasteiger partial charge in [-0.2, -0.15) is 11.8 Å². The highest BCUT2D eigenvalue weighted by atomic mass is 32.2. The highest BCUT2D eigenvalue weighted by Gasteiger charge is 1.96. The Hall–Kier alpha value is 0.350. The van der Waals surface area contributed by atoms with E-state index in [1.54, 1.807) is 0 Å². The van der Waals surface area contributed by atoms with Crippen molar-refractivity contribution in [2.24, 2.45) is 0 Å². The predicted molar refractivity (Wildman–Crippen MR) is 46.6 cm³/mol. The van der Waals surface area contributed by atoms with Crippen LogP contribution in [0.2, 0.25) is 0 Å². The van der Waals surface area contributed by atoms with E-state index in [-0.39, 0.29) is 0 Å². The molecule has 0 aliphatic rings. The van der Waals surface area contributed by atoms with Crippen LogP contribution in [-0.4, -0.2) is 5.25 Å². The summed E-state index contributed by atoms with van der Waals surface area (Å²) < 4.78 is 0. The van der Waals surface area contributed by atoms with Crippen molar-refractivity contribution in [3.63, 3.8) is 0 Å². The Bertz CT molecular complexity index is 52.5. The zero-order chi connectivity index (χ0) is 7.11. The van der Waals surface area contributed by atoms with Gasteiger partial charge in [-0.3, -0.25) is 0 Å². The molecule has 0 aliphatic carbocycles. The molecule has 1 unspecified atom stereocenters. The third-order valence-corrected chi connectivity index (χ3v) is 2.54. The summed E-state index contributed by atoms with van der Waals surface area (Å²) in [5.41, 5.74) is 0. The lowest BCUT2D eigenvalue weighted by molar-refractivity contribution is 0.898. The highest BCUT2D eigenvalue weighted by molar-refractivity contribution is 8.01. The summed E-state index contributed by atoms with van der Waals surface area (Å²) in [5, 5.41) is 0.816. The average molecular weight is 145 g/mol. The van der Waals surface area contributed by atoms with Crippen LogP contribution < -0.4 is 0 Å². The highest BCUT2D eigenvalue weighted by Crippen LogP contribution is 2.18. The van der Waals surface area contributed by atoms with Gasteiger partial charge in [0.05, 0.1) is 0 Å². The Morgan fingerprint density at radius 1 is 1.44 bits per heavy atom. The molecule has 1 heteroatoms. The molecule has 0 aromatic heterocycles. The molecule has 1 radical (unpaired) electrons. The Labute approximate surface area is 63.4 Å². The van der Waals surface area contributed by atoms with Crippen molar-refractivity contribution >= 4 is 11.8 Å². The second kappa shape index (κ2) is 6.47. The largest absolute Gasteiger partial charge is 0.154 e. The van der Waals surface area contributed by atoms with Crippen LogP contribution in [0.3, 0.4) is 0 Å². The molecule has 0 N–H and O–H groups in total. The molecule has 0 rings (SSSR count). The van der Waals surface area contributed by atoms with Crippen molar-refractivity contribution in [1.29, 1.82) is 0 Å². The quantitative estimate of drug-likeness (QED) is 0.534. The van der Waals surface area contributed by atoms with E-state index in [9.17, 15) is 0 Å². The van der Waals surface area contributed by atoms with E-state index < -0.39 is 0 Å². The summed E-state index contributed by atoms with van der Waals surface area (Å²) >= 11 is 1.98. The fraction of sp³-hybridized carbons (Fsp3) is 0.875. The fourth-order valence-electron chi connectivity index (χ4n) is 0.446. The molecule has 9 heavy (non-hydrogen) atoms. The summed E-state index contributed by atoms with van der Waals surface area (Å²) in [4.78, 5) is 0. The zero-order valence-electron chi connectivity index (χ0n) is 6.68. The first-order valence-electron chi connectivity index (χ1n) is 3.78. The summed E-state index contributed by atoms with van der Waals surface area (Å²) in [5.74, 6) is 2.33. The first-order chi connectivity index (χ1) is 4.31. The lowest BCUT2D eigenvalue weighted by Gasteiger charge is -2.05. The molecule has 0 fully saturated rings. The van der Waals surface area contributed by atoms with Crippen molar-refractivity contribution in [3.8, 4) is 0 Å². The van der Waals surface area contributed by atoms with E-state index in [1.165, 1.54) is 19.3 Å². The first kappa shape index (κ1) is 9.35. The monoisotopic (exact) mass is 145 g/mol. The van der Waals surface area contributed by atoms with E-state index in [1.807, 2.05) is 11.8 Å². The first-order valence-corrected chi connectivity index (χ1v) is 4.72. The smallest absolute Gasteiger partial charge is 0.0169 e. The molecule has 0 saturated heterocycles. The van der Waals surface area contributed by atoms with Gasteiger partial charge in [-0.15, -0.1) is 0 Å². The van der Waals surface area contributed by atoms with Crippen LogP contribution in [0.15, 0.2) is 0 Å². The molecule has 0 aliphatic heterocycles. The van der Waals surface area contributed by atoms with E-state index >= 15 is 0 Å². The van der Waals surface area contributed by atoms with Crippen LogP contribution in [0, 0.1) is 5.75 Å². The number of rotatable bonds is 5. The molecule has 0 aromatic rings. The maximum absolute atomic E-state index is 2.33. The fourth-order valence-corrected chi connectivity index (χ4v) is 1.34. The van der Waals surface area contributed by atoms with Gasteiger partial charge in [-0.25, -0.2) is 0 Å². The number of hydrogen-bond donors (Lipinski definition) is 0. The minimum absolute atomic E-state index is 0.816. The third-order valence-electron chi connectivity index (χ3n) is 1.31. The Morgan fingerprint density at radius 3 is 2.56 bits per heavy atom. The lowest BCUT2D eigenvalue weighted by atomic mass is 10.4. The van der Waals surface area contributed by atoms with Crippen LogP contribution in [-0.2, 0) is 0 Å². The normalized spacial score (nSPS) is 13.7.